The van der Waals surface area contributed by atoms with Crippen LogP contribution >= 0.6 is 11.6 Å². The smallest absolute Gasteiger partial charge is 0.326 e. The summed E-state index contributed by atoms with van der Waals surface area (Å²) in [6.45, 7) is 2.98. The zero-order chi connectivity index (χ0) is 21.4. The summed E-state index contributed by atoms with van der Waals surface area (Å²) in [5, 5.41) is 5.88. The van der Waals surface area contributed by atoms with Crippen molar-refractivity contribution >= 4 is 35.4 Å². The van der Waals surface area contributed by atoms with Crippen LogP contribution in [0.4, 0.5) is 4.79 Å². The van der Waals surface area contributed by atoms with Crippen molar-refractivity contribution in [1.82, 2.24) is 15.5 Å². The molecule has 0 unspecified atom stereocenters. The van der Waals surface area contributed by atoms with E-state index in [-0.39, 0.29) is 0 Å². The lowest BCUT2D eigenvalue weighted by molar-refractivity contribution is -0.151. The summed E-state index contributed by atoms with van der Waals surface area (Å²) in [6, 6.07) is 6.66. The molecular formula is C20H26ClN3O5. The third-order valence-corrected chi connectivity index (χ3v) is 4.89. The topological polar surface area (TPSA) is 105 Å². The van der Waals surface area contributed by atoms with Crippen LogP contribution in [0.15, 0.2) is 24.3 Å². The number of urea groups is 1. The number of hydrogen-bond donors (Lipinski definition) is 2. The Labute approximate surface area is 174 Å². The summed E-state index contributed by atoms with van der Waals surface area (Å²) in [5.41, 5.74) is -0.0371. The first-order valence-electron chi connectivity index (χ1n) is 9.56. The number of ether oxygens (including phenoxy) is 1. The number of hydrogen-bond acceptors (Lipinski definition) is 5. The highest BCUT2D eigenvalue weighted by molar-refractivity contribution is 6.30. The standard InChI is InChI=1S/C20H26ClN3O5/c1-3-4-9-20(2)18(27)24(19(28)23-20)12-17(26)29-13-16(25)22-10-8-14-6-5-7-15(21)11-14/h5-7,11H,3-4,8-10,12-13H2,1-2H3,(H,22,25)(H,23,28)/t20-/m0/s1. The first-order valence-corrected chi connectivity index (χ1v) is 9.94. The van der Waals surface area contributed by atoms with Gasteiger partial charge < -0.3 is 15.4 Å². The minimum absolute atomic E-state index is 0.361. The molecule has 1 aromatic carbocycles. The highest BCUT2D eigenvalue weighted by atomic mass is 35.5. The third kappa shape index (κ3) is 6.45. The summed E-state index contributed by atoms with van der Waals surface area (Å²) >= 11 is 5.90. The third-order valence-electron chi connectivity index (χ3n) is 4.65. The van der Waals surface area contributed by atoms with Crippen LogP contribution in [0.25, 0.3) is 0 Å². The van der Waals surface area contributed by atoms with E-state index in [1.54, 1.807) is 19.1 Å². The molecule has 2 N–H and O–H groups in total. The second-order valence-corrected chi connectivity index (χ2v) is 7.58. The van der Waals surface area contributed by atoms with E-state index in [9.17, 15) is 19.2 Å². The van der Waals surface area contributed by atoms with Gasteiger partial charge in [0.25, 0.3) is 11.8 Å². The van der Waals surface area contributed by atoms with Gasteiger partial charge in [-0.15, -0.1) is 0 Å². The Kier molecular flexibility index (Phi) is 8.01. The molecule has 0 aliphatic carbocycles. The average Bonchev–Trinajstić information content (AvgIpc) is 2.88. The van der Waals surface area contributed by atoms with Crippen LogP contribution in [0.3, 0.4) is 0 Å². The minimum atomic E-state index is -1.01. The number of rotatable bonds is 10. The number of imide groups is 1. The Balaban J connectivity index is 1.72. The van der Waals surface area contributed by atoms with E-state index in [2.05, 4.69) is 10.6 Å². The van der Waals surface area contributed by atoms with E-state index >= 15 is 0 Å². The summed E-state index contributed by atoms with van der Waals surface area (Å²) in [7, 11) is 0. The molecule has 8 nitrogen and oxygen atoms in total. The van der Waals surface area contributed by atoms with E-state index in [0.717, 1.165) is 23.3 Å². The second kappa shape index (κ2) is 10.2. The minimum Gasteiger partial charge on any atom is -0.454 e. The first kappa shape index (κ1) is 22.7. The van der Waals surface area contributed by atoms with Gasteiger partial charge in [0.15, 0.2) is 6.61 Å². The summed E-state index contributed by atoms with van der Waals surface area (Å²) in [6.07, 6.45) is 2.73. The first-order chi connectivity index (χ1) is 13.7. The maximum atomic E-state index is 12.5. The lowest BCUT2D eigenvalue weighted by atomic mass is 9.95. The van der Waals surface area contributed by atoms with Gasteiger partial charge in [-0.3, -0.25) is 19.3 Å². The molecular weight excluding hydrogens is 398 g/mol. The van der Waals surface area contributed by atoms with Gasteiger partial charge >= 0.3 is 12.0 Å². The van der Waals surface area contributed by atoms with Crippen LogP contribution in [0.1, 0.15) is 38.7 Å². The molecule has 1 aromatic rings. The van der Waals surface area contributed by atoms with E-state index in [1.807, 2.05) is 19.1 Å². The largest absolute Gasteiger partial charge is 0.454 e. The molecule has 1 saturated heterocycles. The number of amides is 4. The Morgan fingerprint density at radius 2 is 2.07 bits per heavy atom. The number of halogens is 1. The quantitative estimate of drug-likeness (QED) is 0.442. The van der Waals surface area contributed by atoms with Crippen LogP contribution in [0.2, 0.25) is 5.02 Å². The Morgan fingerprint density at radius 3 is 2.76 bits per heavy atom. The van der Waals surface area contributed by atoms with Crippen molar-refractivity contribution in [3.8, 4) is 0 Å². The predicted octanol–water partition coefficient (Wildman–Crippen LogP) is 2.04. The van der Waals surface area contributed by atoms with Crippen LogP contribution < -0.4 is 10.6 Å². The molecule has 0 radical (unpaired) electrons. The summed E-state index contributed by atoms with van der Waals surface area (Å²) < 4.78 is 4.89. The normalized spacial score (nSPS) is 18.5. The van der Waals surface area contributed by atoms with Crippen LogP contribution in [-0.4, -0.2) is 54.0 Å². The fourth-order valence-electron chi connectivity index (χ4n) is 3.00. The average molecular weight is 424 g/mol. The molecule has 1 aliphatic heterocycles. The van der Waals surface area contributed by atoms with Gasteiger partial charge in [-0.05, 0) is 37.5 Å². The molecule has 29 heavy (non-hydrogen) atoms. The van der Waals surface area contributed by atoms with Gasteiger partial charge in [0.1, 0.15) is 12.1 Å². The van der Waals surface area contributed by atoms with Gasteiger partial charge in [0, 0.05) is 11.6 Å². The molecule has 0 aromatic heterocycles. The number of benzene rings is 1. The van der Waals surface area contributed by atoms with Gasteiger partial charge in [-0.2, -0.15) is 0 Å². The monoisotopic (exact) mass is 423 g/mol. The van der Waals surface area contributed by atoms with Crippen molar-refractivity contribution in [2.24, 2.45) is 0 Å². The van der Waals surface area contributed by atoms with E-state index < -0.39 is 42.5 Å². The summed E-state index contributed by atoms with van der Waals surface area (Å²) in [4.78, 5) is 49.1. The maximum absolute atomic E-state index is 12.5. The zero-order valence-electron chi connectivity index (χ0n) is 16.6. The van der Waals surface area contributed by atoms with Crippen molar-refractivity contribution < 1.29 is 23.9 Å². The van der Waals surface area contributed by atoms with Crippen molar-refractivity contribution in [3.63, 3.8) is 0 Å². The Hall–Kier alpha value is -2.61. The second-order valence-electron chi connectivity index (χ2n) is 7.15. The predicted molar refractivity (Wildman–Crippen MR) is 107 cm³/mol. The highest BCUT2D eigenvalue weighted by Gasteiger charge is 2.47. The summed E-state index contributed by atoms with van der Waals surface area (Å²) in [5.74, 6) is -1.75. The number of carbonyl (C=O) groups excluding carboxylic acids is 4. The van der Waals surface area contributed by atoms with Crippen LogP contribution in [0.5, 0.6) is 0 Å². The lowest BCUT2D eigenvalue weighted by Gasteiger charge is -2.21. The van der Waals surface area contributed by atoms with Crippen molar-refractivity contribution in [3.05, 3.63) is 34.9 Å². The van der Waals surface area contributed by atoms with E-state index in [0.29, 0.717) is 24.4 Å². The van der Waals surface area contributed by atoms with Crippen LogP contribution in [-0.2, 0) is 25.5 Å². The molecule has 9 heteroatoms. The molecule has 2 rings (SSSR count). The molecule has 1 fully saturated rings. The SMILES string of the molecule is CCCC[C@]1(C)NC(=O)N(CC(=O)OCC(=O)NCCc2cccc(Cl)c2)C1=O. The Morgan fingerprint density at radius 1 is 1.31 bits per heavy atom. The van der Waals surface area contributed by atoms with E-state index in [1.165, 1.54) is 0 Å². The van der Waals surface area contributed by atoms with Gasteiger partial charge in [0.05, 0.1) is 0 Å². The number of carbonyl (C=O) groups is 4. The molecule has 0 bridgehead atoms. The molecule has 1 atom stereocenters. The van der Waals surface area contributed by atoms with Crippen molar-refractivity contribution in [2.75, 3.05) is 19.7 Å². The molecule has 1 aliphatic rings. The molecule has 0 saturated carbocycles. The van der Waals surface area contributed by atoms with Gasteiger partial charge in [-0.25, -0.2) is 4.79 Å². The van der Waals surface area contributed by atoms with Crippen LogP contribution in [0, 0.1) is 0 Å². The Bertz CT molecular complexity index is 785. The molecule has 4 amide bonds. The van der Waals surface area contributed by atoms with Crippen molar-refractivity contribution in [1.29, 1.82) is 0 Å². The molecule has 1 heterocycles. The molecule has 158 valence electrons. The number of unbranched alkanes of at least 4 members (excludes halogenated alkanes) is 1. The number of nitrogens with one attached hydrogen (secondary N) is 2. The number of nitrogens with zero attached hydrogens (tertiary/aromatic N) is 1. The van der Waals surface area contributed by atoms with E-state index in [4.69, 9.17) is 16.3 Å². The fourth-order valence-corrected chi connectivity index (χ4v) is 3.21. The lowest BCUT2D eigenvalue weighted by Crippen LogP contribution is -2.44. The van der Waals surface area contributed by atoms with Gasteiger partial charge in [0.2, 0.25) is 0 Å². The zero-order valence-corrected chi connectivity index (χ0v) is 17.4. The van der Waals surface area contributed by atoms with Crippen molar-refractivity contribution in [2.45, 2.75) is 45.1 Å². The fraction of sp³-hybridized carbons (Fsp3) is 0.500. The maximum Gasteiger partial charge on any atom is 0.326 e. The van der Waals surface area contributed by atoms with Gasteiger partial charge in [-0.1, -0.05) is 43.5 Å². The molecule has 0 spiro atoms. The highest BCUT2D eigenvalue weighted by Crippen LogP contribution is 2.23. The number of esters is 1.